The molecule has 3 fully saturated rings. The van der Waals surface area contributed by atoms with Crippen molar-refractivity contribution >= 4 is 22.9 Å². The number of aryl methyl sites for hydroxylation is 1. The van der Waals surface area contributed by atoms with E-state index in [1.807, 2.05) is 24.9 Å². The van der Waals surface area contributed by atoms with Crippen LogP contribution in [0.25, 0.3) is 16.7 Å². The van der Waals surface area contributed by atoms with Gasteiger partial charge in [0.05, 0.1) is 30.5 Å². The number of nitrogens with zero attached hydrogens (tertiary/aromatic N) is 7. The van der Waals surface area contributed by atoms with Crippen LogP contribution in [0.15, 0.2) is 35.5 Å². The zero-order valence-corrected chi connectivity index (χ0v) is 20.4. The van der Waals surface area contributed by atoms with Crippen molar-refractivity contribution in [3.8, 4) is 5.82 Å². The Labute approximate surface area is 200 Å². The number of benzene rings is 1. The van der Waals surface area contributed by atoms with Crippen LogP contribution in [0.1, 0.15) is 37.6 Å². The highest BCUT2D eigenvalue weighted by atomic mass is 16.5. The fourth-order valence-corrected chi connectivity index (χ4v) is 5.67. The van der Waals surface area contributed by atoms with Crippen LogP contribution in [0.5, 0.6) is 0 Å². The molecule has 1 aromatic carbocycles. The van der Waals surface area contributed by atoms with Gasteiger partial charge < -0.3 is 9.64 Å². The predicted molar refractivity (Wildman–Crippen MR) is 134 cm³/mol. The standard InChI is InChI=1S/C26H33N7O/c1-19-29-23(31-9-11-32(12-10-31)25(2)17-34-18-25)14-24(30-19)33-22-13-21(6-5-20(22)15-28-33)26(16-27-3)7-4-8-26/h5-6,13-16H,4,7-12,17-18H2,1-3H3. The van der Waals surface area contributed by atoms with Crippen LogP contribution in [-0.2, 0) is 10.2 Å². The van der Waals surface area contributed by atoms with Crippen molar-refractivity contribution in [1.82, 2.24) is 24.6 Å². The van der Waals surface area contributed by atoms with E-state index in [-0.39, 0.29) is 11.0 Å². The molecule has 3 aliphatic rings. The van der Waals surface area contributed by atoms with Gasteiger partial charge in [0.1, 0.15) is 11.6 Å². The molecule has 0 spiro atoms. The van der Waals surface area contributed by atoms with E-state index in [9.17, 15) is 0 Å². The fraction of sp³-hybridized carbons (Fsp3) is 0.538. The van der Waals surface area contributed by atoms with Crippen molar-refractivity contribution in [3.63, 3.8) is 0 Å². The van der Waals surface area contributed by atoms with E-state index in [2.05, 4.69) is 52.2 Å². The number of ether oxygens (including phenoxy) is 1. The van der Waals surface area contributed by atoms with Gasteiger partial charge in [-0.2, -0.15) is 5.10 Å². The van der Waals surface area contributed by atoms with Crippen molar-refractivity contribution in [2.75, 3.05) is 51.3 Å². The molecule has 34 heavy (non-hydrogen) atoms. The maximum absolute atomic E-state index is 5.47. The highest BCUT2D eigenvalue weighted by molar-refractivity contribution is 5.84. The Morgan fingerprint density at radius 2 is 1.79 bits per heavy atom. The van der Waals surface area contributed by atoms with E-state index >= 15 is 0 Å². The molecule has 6 rings (SSSR count). The topological polar surface area (TPSA) is 71.7 Å². The summed E-state index contributed by atoms with van der Waals surface area (Å²) in [5, 5.41) is 5.84. The molecule has 4 heterocycles. The quantitative estimate of drug-likeness (QED) is 0.546. The van der Waals surface area contributed by atoms with Crippen LogP contribution < -0.4 is 4.90 Å². The monoisotopic (exact) mass is 459 g/mol. The second-order valence-electron chi connectivity index (χ2n) is 10.3. The van der Waals surface area contributed by atoms with Crippen molar-refractivity contribution in [2.24, 2.45) is 4.99 Å². The van der Waals surface area contributed by atoms with Gasteiger partial charge >= 0.3 is 0 Å². The van der Waals surface area contributed by atoms with Crippen molar-refractivity contribution in [3.05, 3.63) is 41.9 Å². The average Bonchev–Trinajstić information content (AvgIpc) is 3.23. The van der Waals surface area contributed by atoms with Crippen LogP contribution in [-0.4, -0.2) is 82.8 Å². The SMILES string of the molecule is CN=CC1(c2ccc3cnn(-c4cc(N5CCN(C6(C)COC6)CC5)nc(C)n4)c3c2)CCC1. The minimum atomic E-state index is 0.0621. The summed E-state index contributed by atoms with van der Waals surface area (Å²) in [7, 11) is 1.87. The molecule has 1 saturated carbocycles. The molecule has 178 valence electrons. The van der Waals surface area contributed by atoms with Crippen LogP contribution in [0.2, 0.25) is 0 Å². The first-order valence-corrected chi connectivity index (χ1v) is 12.4. The first-order valence-electron chi connectivity index (χ1n) is 12.4. The fourth-order valence-electron chi connectivity index (χ4n) is 5.67. The first kappa shape index (κ1) is 21.7. The van der Waals surface area contributed by atoms with E-state index in [0.717, 1.165) is 80.6 Å². The molecule has 0 unspecified atom stereocenters. The molecule has 8 heteroatoms. The molecule has 2 saturated heterocycles. The summed E-state index contributed by atoms with van der Waals surface area (Å²) in [6.45, 7) is 9.89. The van der Waals surface area contributed by atoms with Crippen LogP contribution in [0.3, 0.4) is 0 Å². The molecule has 0 N–H and O–H groups in total. The summed E-state index contributed by atoms with van der Waals surface area (Å²) >= 11 is 0. The zero-order chi connectivity index (χ0) is 23.3. The third kappa shape index (κ3) is 3.51. The van der Waals surface area contributed by atoms with E-state index in [0.29, 0.717) is 0 Å². The number of hydrogen-bond acceptors (Lipinski definition) is 7. The van der Waals surface area contributed by atoms with E-state index in [1.165, 1.54) is 12.0 Å². The Balaban J connectivity index is 1.30. The summed E-state index contributed by atoms with van der Waals surface area (Å²) in [5.41, 5.74) is 2.66. The number of anilines is 1. The molecular weight excluding hydrogens is 426 g/mol. The highest BCUT2D eigenvalue weighted by Crippen LogP contribution is 2.43. The number of aliphatic imine (C=N–C) groups is 1. The molecular formula is C26H33N7O. The lowest BCUT2D eigenvalue weighted by Gasteiger charge is -2.50. The molecule has 0 amide bonds. The molecule has 1 aliphatic carbocycles. The van der Waals surface area contributed by atoms with Crippen LogP contribution >= 0.6 is 0 Å². The summed E-state index contributed by atoms with van der Waals surface area (Å²) in [4.78, 5) is 18.9. The third-order valence-electron chi connectivity index (χ3n) is 7.99. The van der Waals surface area contributed by atoms with Gasteiger partial charge in [-0.15, -0.1) is 0 Å². The summed E-state index contributed by atoms with van der Waals surface area (Å²) < 4.78 is 7.44. The Bertz CT molecular complexity index is 1230. The predicted octanol–water partition coefficient (Wildman–Crippen LogP) is 3.16. The maximum Gasteiger partial charge on any atom is 0.159 e. The third-order valence-corrected chi connectivity index (χ3v) is 7.99. The van der Waals surface area contributed by atoms with Crippen LogP contribution in [0.4, 0.5) is 5.82 Å². The zero-order valence-electron chi connectivity index (χ0n) is 20.4. The Morgan fingerprint density at radius 3 is 2.44 bits per heavy atom. The van der Waals surface area contributed by atoms with Gasteiger partial charge in [-0.05, 0) is 38.3 Å². The second kappa shape index (κ2) is 8.13. The molecule has 3 aromatic rings. The highest BCUT2D eigenvalue weighted by Gasteiger charge is 2.41. The van der Waals surface area contributed by atoms with Crippen molar-refractivity contribution in [1.29, 1.82) is 0 Å². The number of piperazine rings is 1. The molecule has 2 aliphatic heterocycles. The Hall–Kier alpha value is -2.84. The molecule has 0 atom stereocenters. The van der Waals surface area contributed by atoms with Gasteiger partial charge in [-0.1, -0.05) is 18.6 Å². The minimum absolute atomic E-state index is 0.0621. The van der Waals surface area contributed by atoms with E-state index in [4.69, 9.17) is 19.8 Å². The van der Waals surface area contributed by atoms with Gasteiger partial charge in [-0.3, -0.25) is 9.89 Å². The molecule has 8 nitrogen and oxygen atoms in total. The smallest absolute Gasteiger partial charge is 0.159 e. The number of rotatable bonds is 5. The molecule has 2 aromatic heterocycles. The second-order valence-corrected chi connectivity index (χ2v) is 10.3. The lowest BCUT2D eigenvalue weighted by molar-refractivity contribution is -0.131. The molecule has 0 bridgehead atoms. The maximum atomic E-state index is 5.47. The first-order chi connectivity index (χ1) is 16.5. The van der Waals surface area contributed by atoms with E-state index < -0.39 is 0 Å². The minimum Gasteiger partial charge on any atom is -0.377 e. The lowest BCUT2D eigenvalue weighted by Crippen LogP contribution is -2.64. The van der Waals surface area contributed by atoms with E-state index in [1.54, 1.807) is 0 Å². The summed E-state index contributed by atoms with van der Waals surface area (Å²) in [6.07, 6.45) is 7.60. The Morgan fingerprint density at radius 1 is 1.03 bits per heavy atom. The van der Waals surface area contributed by atoms with Gasteiger partial charge in [0, 0.05) is 56.3 Å². The van der Waals surface area contributed by atoms with Gasteiger partial charge in [-0.25, -0.2) is 14.6 Å². The summed E-state index contributed by atoms with van der Waals surface area (Å²) in [6, 6.07) is 8.78. The van der Waals surface area contributed by atoms with Crippen molar-refractivity contribution in [2.45, 2.75) is 44.1 Å². The lowest BCUT2D eigenvalue weighted by atomic mass is 9.65. The van der Waals surface area contributed by atoms with Gasteiger partial charge in [0.25, 0.3) is 0 Å². The number of hydrogen-bond donors (Lipinski definition) is 0. The largest absolute Gasteiger partial charge is 0.377 e. The van der Waals surface area contributed by atoms with Gasteiger partial charge in [0.2, 0.25) is 0 Å². The molecule has 0 radical (unpaired) electrons. The van der Waals surface area contributed by atoms with Crippen molar-refractivity contribution < 1.29 is 4.74 Å². The van der Waals surface area contributed by atoms with Gasteiger partial charge in [0.15, 0.2) is 5.82 Å². The number of aromatic nitrogens is 4. The van der Waals surface area contributed by atoms with Crippen LogP contribution in [0, 0.1) is 6.92 Å². The number of fused-ring (bicyclic) bond motifs is 1. The average molecular weight is 460 g/mol. The Kier molecular flexibility index (Phi) is 5.18. The normalized spacial score (nSPS) is 22.1. The summed E-state index contributed by atoms with van der Waals surface area (Å²) in [5.74, 6) is 2.57.